The van der Waals surface area contributed by atoms with E-state index in [1.807, 2.05) is 19.9 Å². The number of imide groups is 1. The Morgan fingerprint density at radius 1 is 1.20 bits per heavy atom. The van der Waals surface area contributed by atoms with Crippen LogP contribution >= 0.6 is 0 Å². The maximum Gasteiger partial charge on any atom is 0.230 e. The SMILES string of the molecule is Cc1cc(C(=O)CN2C(=O)CCC2=O)c(C)n1C(C)C. The summed E-state index contributed by atoms with van der Waals surface area (Å²) in [4.78, 5) is 36.5. The number of rotatable bonds is 4. The number of aryl methyl sites for hydroxylation is 1. The van der Waals surface area contributed by atoms with E-state index in [2.05, 4.69) is 18.4 Å². The first-order valence-corrected chi connectivity index (χ1v) is 6.87. The highest BCUT2D eigenvalue weighted by molar-refractivity contribution is 6.08. The van der Waals surface area contributed by atoms with Gasteiger partial charge in [0.2, 0.25) is 11.8 Å². The first-order chi connectivity index (χ1) is 9.32. The number of amides is 2. The molecule has 0 N–H and O–H groups in total. The molecule has 0 aromatic carbocycles. The quantitative estimate of drug-likeness (QED) is 0.624. The van der Waals surface area contributed by atoms with Crippen molar-refractivity contribution in [3.63, 3.8) is 0 Å². The molecule has 5 heteroatoms. The smallest absolute Gasteiger partial charge is 0.230 e. The van der Waals surface area contributed by atoms with Gasteiger partial charge in [-0.1, -0.05) is 0 Å². The number of hydrogen-bond acceptors (Lipinski definition) is 3. The predicted molar refractivity (Wildman–Crippen MR) is 74.6 cm³/mol. The van der Waals surface area contributed by atoms with Gasteiger partial charge in [-0.15, -0.1) is 0 Å². The Labute approximate surface area is 118 Å². The highest BCUT2D eigenvalue weighted by Gasteiger charge is 2.31. The van der Waals surface area contributed by atoms with Gasteiger partial charge in [0, 0.05) is 35.8 Å². The zero-order valence-corrected chi connectivity index (χ0v) is 12.4. The second-order valence-corrected chi connectivity index (χ2v) is 5.55. The van der Waals surface area contributed by atoms with E-state index in [0.717, 1.165) is 16.3 Å². The third kappa shape index (κ3) is 2.40. The highest BCUT2D eigenvalue weighted by atomic mass is 16.2. The molecule has 2 amide bonds. The minimum absolute atomic E-state index is 0.139. The van der Waals surface area contributed by atoms with Crippen LogP contribution in [0.3, 0.4) is 0 Å². The average molecular weight is 276 g/mol. The number of ketones is 1. The fourth-order valence-electron chi connectivity index (χ4n) is 2.88. The Morgan fingerprint density at radius 3 is 2.20 bits per heavy atom. The van der Waals surface area contributed by atoms with Crippen molar-refractivity contribution >= 4 is 17.6 Å². The van der Waals surface area contributed by atoms with Crippen LogP contribution in [-0.4, -0.2) is 33.6 Å². The zero-order valence-electron chi connectivity index (χ0n) is 12.4. The Hall–Kier alpha value is -1.91. The van der Waals surface area contributed by atoms with E-state index in [0.29, 0.717) is 5.56 Å². The lowest BCUT2D eigenvalue weighted by Gasteiger charge is -2.15. The van der Waals surface area contributed by atoms with Crippen LogP contribution in [0.15, 0.2) is 6.07 Å². The number of Topliss-reactive ketones (excluding diaryl/α,β-unsaturated/α-hetero) is 1. The molecular formula is C15H20N2O3. The van der Waals surface area contributed by atoms with Crippen LogP contribution < -0.4 is 0 Å². The van der Waals surface area contributed by atoms with Crippen molar-refractivity contribution in [2.24, 2.45) is 0 Å². The summed E-state index contributed by atoms with van der Waals surface area (Å²) in [6, 6.07) is 2.11. The Bertz CT molecular complexity index is 568. The van der Waals surface area contributed by atoms with Gasteiger partial charge in [-0.05, 0) is 33.8 Å². The second-order valence-electron chi connectivity index (χ2n) is 5.55. The molecule has 1 fully saturated rings. The summed E-state index contributed by atoms with van der Waals surface area (Å²) < 4.78 is 2.08. The van der Waals surface area contributed by atoms with E-state index in [1.165, 1.54) is 0 Å². The molecule has 0 bridgehead atoms. The normalized spacial score (nSPS) is 15.6. The summed E-state index contributed by atoms with van der Waals surface area (Å²) in [6.45, 7) is 7.83. The van der Waals surface area contributed by atoms with E-state index >= 15 is 0 Å². The van der Waals surface area contributed by atoms with Crippen LogP contribution in [0.5, 0.6) is 0 Å². The minimum Gasteiger partial charge on any atom is -0.346 e. The highest BCUT2D eigenvalue weighted by Crippen LogP contribution is 2.21. The monoisotopic (exact) mass is 276 g/mol. The van der Waals surface area contributed by atoms with Gasteiger partial charge in [0.1, 0.15) is 0 Å². The molecule has 20 heavy (non-hydrogen) atoms. The molecule has 1 aromatic heterocycles. The number of nitrogens with zero attached hydrogens (tertiary/aromatic N) is 2. The molecule has 5 nitrogen and oxygen atoms in total. The maximum atomic E-state index is 12.3. The van der Waals surface area contributed by atoms with Crippen LogP contribution in [0, 0.1) is 13.8 Å². The van der Waals surface area contributed by atoms with Crippen molar-refractivity contribution in [1.29, 1.82) is 0 Å². The van der Waals surface area contributed by atoms with Gasteiger partial charge in [0.05, 0.1) is 6.54 Å². The van der Waals surface area contributed by atoms with Gasteiger partial charge >= 0.3 is 0 Å². The van der Waals surface area contributed by atoms with Gasteiger partial charge in [-0.2, -0.15) is 0 Å². The third-order valence-corrected chi connectivity index (χ3v) is 3.76. The zero-order chi connectivity index (χ0) is 15.0. The van der Waals surface area contributed by atoms with Crippen molar-refractivity contribution in [1.82, 2.24) is 9.47 Å². The number of carbonyl (C=O) groups is 3. The van der Waals surface area contributed by atoms with E-state index in [1.54, 1.807) is 0 Å². The van der Waals surface area contributed by atoms with Gasteiger partial charge in [0.25, 0.3) is 0 Å². The first-order valence-electron chi connectivity index (χ1n) is 6.87. The predicted octanol–water partition coefficient (Wildman–Crippen LogP) is 2.02. The fraction of sp³-hybridized carbons (Fsp3) is 0.533. The molecule has 0 spiro atoms. The van der Waals surface area contributed by atoms with Crippen LogP contribution in [0.4, 0.5) is 0 Å². The standard InChI is InChI=1S/C15H20N2O3/c1-9(2)17-10(3)7-12(11(17)4)13(18)8-16-14(19)5-6-15(16)20/h7,9H,5-6,8H2,1-4H3. The lowest BCUT2D eigenvalue weighted by atomic mass is 10.1. The summed E-state index contributed by atoms with van der Waals surface area (Å²) in [7, 11) is 0. The molecule has 0 unspecified atom stereocenters. The van der Waals surface area contributed by atoms with Crippen molar-refractivity contribution in [2.45, 2.75) is 46.6 Å². The molecule has 0 saturated carbocycles. The Kier molecular flexibility index (Phi) is 3.79. The molecule has 2 rings (SSSR count). The number of aromatic nitrogens is 1. The van der Waals surface area contributed by atoms with Gasteiger partial charge in [-0.3, -0.25) is 19.3 Å². The summed E-state index contributed by atoms with van der Waals surface area (Å²) in [5.41, 5.74) is 2.50. The van der Waals surface area contributed by atoms with Crippen LogP contribution in [-0.2, 0) is 9.59 Å². The summed E-state index contributed by atoms with van der Waals surface area (Å²) in [6.07, 6.45) is 0.439. The number of likely N-dealkylation sites (tertiary alicyclic amines) is 1. The summed E-state index contributed by atoms with van der Waals surface area (Å²) in [5.74, 6) is -0.671. The largest absolute Gasteiger partial charge is 0.346 e. The van der Waals surface area contributed by atoms with Gasteiger partial charge in [0.15, 0.2) is 5.78 Å². The van der Waals surface area contributed by atoms with Crippen molar-refractivity contribution in [2.75, 3.05) is 6.54 Å². The molecule has 1 aromatic rings. The van der Waals surface area contributed by atoms with Gasteiger partial charge in [-0.25, -0.2) is 0 Å². The maximum absolute atomic E-state index is 12.3. The van der Waals surface area contributed by atoms with Crippen molar-refractivity contribution < 1.29 is 14.4 Å². The summed E-state index contributed by atoms with van der Waals surface area (Å²) >= 11 is 0. The molecular weight excluding hydrogens is 256 g/mol. The fourth-order valence-corrected chi connectivity index (χ4v) is 2.88. The van der Waals surface area contributed by atoms with E-state index in [-0.39, 0.29) is 43.0 Å². The molecule has 0 aliphatic carbocycles. The molecule has 108 valence electrons. The van der Waals surface area contributed by atoms with E-state index < -0.39 is 0 Å². The van der Waals surface area contributed by atoms with Crippen LogP contribution in [0.2, 0.25) is 0 Å². The van der Waals surface area contributed by atoms with Gasteiger partial charge < -0.3 is 4.57 Å². The third-order valence-electron chi connectivity index (χ3n) is 3.76. The van der Waals surface area contributed by atoms with Crippen LogP contribution in [0.1, 0.15) is 54.5 Å². The molecule has 1 aliphatic rings. The Balaban J connectivity index is 2.24. The van der Waals surface area contributed by atoms with Crippen molar-refractivity contribution in [3.8, 4) is 0 Å². The second kappa shape index (κ2) is 5.23. The molecule has 1 aliphatic heterocycles. The van der Waals surface area contributed by atoms with Crippen molar-refractivity contribution in [3.05, 3.63) is 23.0 Å². The van der Waals surface area contributed by atoms with E-state index in [4.69, 9.17) is 0 Å². The molecule has 0 atom stereocenters. The summed E-state index contributed by atoms with van der Waals surface area (Å²) in [5, 5.41) is 0. The first kappa shape index (κ1) is 14.5. The lowest BCUT2D eigenvalue weighted by Crippen LogP contribution is -2.34. The number of carbonyl (C=O) groups excluding carboxylic acids is 3. The molecule has 1 saturated heterocycles. The topological polar surface area (TPSA) is 59.4 Å². The van der Waals surface area contributed by atoms with E-state index in [9.17, 15) is 14.4 Å². The molecule has 2 heterocycles. The Morgan fingerprint density at radius 2 is 1.75 bits per heavy atom. The lowest BCUT2D eigenvalue weighted by molar-refractivity contribution is -0.137. The average Bonchev–Trinajstić information content (AvgIpc) is 2.82. The number of hydrogen-bond donors (Lipinski definition) is 0. The molecule has 0 radical (unpaired) electrons. The minimum atomic E-state index is -0.249. The van der Waals surface area contributed by atoms with Crippen LogP contribution in [0.25, 0.3) is 0 Å².